The van der Waals surface area contributed by atoms with Gasteiger partial charge in [-0.15, -0.1) is 13.2 Å². The number of likely N-dealkylation sites (tertiary alicyclic amines) is 1. The summed E-state index contributed by atoms with van der Waals surface area (Å²) in [5.41, 5.74) is 1.60. The molecular formula is C23H19ClF3N3O3. The fraction of sp³-hybridized carbons (Fsp3) is 0.304. The third kappa shape index (κ3) is 4.69. The molecule has 0 radical (unpaired) electrons. The quantitative estimate of drug-likeness (QED) is 0.525. The van der Waals surface area contributed by atoms with Crippen LogP contribution in [0.5, 0.6) is 5.75 Å². The van der Waals surface area contributed by atoms with Crippen LogP contribution in [-0.4, -0.2) is 52.2 Å². The first kappa shape index (κ1) is 21.8. The predicted octanol–water partition coefficient (Wildman–Crippen LogP) is 5.09. The molecule has 172 valence electrons. The monoisotopic (exact) mass is 477 g/mol. The number of benzene rings is 2. The summed E-state index contributed by atoms with van der Waals surface area (Å²) in [5, 5.41) is 4.97. The number of ether oxygens (including phenoxy) is 2. The summed E-state index contributed by atoms with van der Waals surface area (Å²) in [4.78, 5) is 15.0. The van der Waals surface area contributed by atoms with Gasteiger partial charge in [-0.1, -0.05) is 29.8 Å². The highest BCUT2D eigenvalue weighted by Crippen LogP contribution is 2.32. The average molecular weight is 478 g/mol. The van der Waals surface area contributed by atoms with Crippen molar-refractivity contribution in [2.24, 2.45) is 0 Å². The topological polar surface area (TPSA) is 56.6 Å². The van der Waals surface area contributed by atoms with Gasteiger partial charge in [-0.25, -0.2) is 4.68 Å². The van der Waals surface area contributed by atoms with Gasteiger partial charge in [0.2, 0.25) is 0 Å². The Bertz CT molecular complexity index is 1180. The van der Waals surface area contributed by atoms with Crippen molar-refractivity contribution in [3.63, 3.8) is 0 Å². The van der Waals surface area contributed by atoms with Gasteiger partial charge in [-0.2, -0.15) is 5.10 Å². The molecule has 1 aromatic heterocycles. The minimum absolute atomic E-state index is 0.0263. The van der Waals surface area contributed by atoms with Gasteiger partial charge < -0.3 is 14.4 Å². The molecule has 0 N–H and O–H groups in total. The lowest BCUT2D eigenvalue weighted by Crippen LogP contribution is -2.45. The minimum atomic E-state index is -4.82. The summed E-state index contributed by atoms with van der Waals surface area (Å²) in [6.45, 7) is 0.979. The van der Waals surface area contributed by atoms with Crippen molar-refractivity contribution in [3.8, 4) is 22.7 Å². The highest BCUT2D eigenvalue weighted by atomic mass is 35.5. The second kappa shape index (κ2) is 8.39. The zero-order chi connectivity index (χ0) is 23.2. The lowest BCUT2D eigenvalue weighted by atomic mass is 10.1. The molecule has 3 heterocycles. The van der Waals surface area contributed by atoms with Crippen LogP contribution in [-0.2, 0) is 4.74 Å². The zero-order valence-electron chi connectivity index (χ0n) is 17.3. The lowest BCUT2D eigenvalue weighted by molar-refractivity contribution is -0.274. The number of nitrogens with zero attached hydrogens (tertiary/aromatic N) is 3. The van der Waals surface area contributed by atoms with Gasteiger partial charge in [-0.05, 0) is 49.2 Å². The maximum Gasteiger partial charge on any atom is 0.573 e. The van der Waals surface area contributed by atoms with Crippen molar-refractivity contribution in [3.05, 3.63) is 65.3 Å². The van der Waals surface area contributed by atoms with E-state index in [-0.39, 0.29) is 29.6 Å². The molecule has 2 atom stereocenters. The van der Waals surface area contributed by atoms with Gasteiger partial charge in [0.15, 0.2) is 5.69 Å². The Morgan fingerprint density at radius 2 is 1.79 bits per heavy atom. The second-order valence-electron chi connectivity index (χ2n) is 8.05. The number of amides is 1. The molecular weight excluding hydrogens is 459 g/mol. The summed E-state index contributed by atoms with van der Waals surface area (Å²) in [6.07, 6.45) is -2.93. The molecule has 2 bridgehead atoms. The molecule has 33 heavy (non-hydrogen) atoms. The van der Waals surface area contributed by atoms with E-state index < -0.39 is 6.36 Å². The first-order valence-corrected chi connectivity index (χ1v) is 10.8. The van der Waals surface area contributed by atoms with Crippen molar-refractivity contribution >= 4 is 17.5 Å². The largest absolute Gasteiger partial charge is 0.573 e. The molecule has 0 aliphatic carbocycles. The first-order chi connectivity index (χ1) is 15.7. The third-order valence-electron chi connectivity index (χ3n) is 5.68. The number of morpholine rings is 1. The van der Waals surface area contributed by atoms with Crippen LogP contribution in [0.15, 0.2) is 54.6 Å². The Kier molecular flexibility index (Phi) is 5.54. The number of hydrogen-bond acceptors (Lipinski definition) is 4. The standard InChI is InChI=1S/C23H19ClF3N3O3/c24-15-4-2-5-16(10-15)30-21(14-3-1-6-17(9-14)33-23(25,26)27)11-20(28-30)22(31)29-12-18-7-8-19(13-29)32-18/h1-6,9-11,18-19H,7-8,12-13H2. The predicted molar refractivity (Wildman–Crippen MR) is 114 cm³/mol. The van der Waals surface area contributed by atoms with Crippen LogP contribution in [0.3, 0.4) is 0 Å². The van der Waals surface area contributed by atoms with Crippen LogP contribution in [0.2, 0.25) is 5.02 Å². The fourth-order valence-corrected chi connectivity index (χ4v) is 4.48. The summed E-state index contributed by atoms with van der Waals surface area (Å²) in [7, 11) is 0. The van der Waals surface area contributed by atoms with Crippen molar-refractivity contribution in [2.45, 2.75) is 31.4 Å². The summed E-state index contributed by atoms with van der Waals surface area (Å²) < 4.78 is 49.6. The number of rotatable bonds is 4. The van der Waals surface area contributed by atoms with E-state index in [0.29, 0.717) is 35.1 Å². The van der Waals surface area contributed by atoms with Crippen LogP contribution >= 0.6 is 11.6 Å². The fourth-order valence-electron chi connectivity index (χ4n) is 4.29. The van der Waals surface area contributed by atoms with Crippen molar-refractivity contribution < 1.29 is 27.4 Å². The molecule has 2 aliphatic rings. The number of fused-ring (bicyclic) bond motifs is 2. The minimum Gasteiger partial charge on any atom is -0.406 e. The second-order valence-corrected chi connectivity index (χ2v) is 8.49. The molecule has 0 spiro atoms. The molecule has 2 fully saturated rings. The van der Waals surface area contributed by atoms with E-state index in [4.69, 9.17) is 16.3 Å². The molecule has 5 rings (SSSR count). The normalized spacial score (nSPS) is 20.2. The zero-order valence-corrected chi connectivity index (χ0v) is 18.0. The van der Waals surface area contributed by atoms with E-state index >= 15 is 0 Å². The molecule has 6 nitrogen and oxygen atoms in total. The molecule has 10 heteroatoms. The average Bonchev–Trinajstić information content (AvgIpc) is 3.35. The van der Waals surface area contributed by atoms with Crippen LogP contribution in [0.4, 0.5) is 13.2 Å². The van der Waals surface area contributed by atoms with Crippen LogP contribution in [0.25, 0.3) is 16.9 Å². The van der Waals surface area contributed by atoms with E-state index in [1.807, 2.05) is 0 Å². The van der Waals surface area contributed by atoms with Crippen molar-refractivity contribution in [1.82, 2.24) is 14.7 Å². The Labute approximate surface area is 192 Å². The van der Waals surface area contributed by atoms with Gasteiger partial charge in [-0.3, -0.25) is 4.79 Å². The lowest BCUT2D eigenvalue weighted by Gasteiger charge is -2.31. The molecule has 2 saturated heterocycles. The Morgan fingerprint density at radius 1 is 1.06 bits per heavy atom. The Morgan fingerprint density at radius 3 is 2.48 bits per heavy atom. The van der Waals surface area contributed by atoms with Crippen LogP contribution in [0, 0.1) is 0 Å². The van der Waals surface area contributed by atoms with E-state index in [0.717, 1.165) is 12.8 Å². The molecule has 3 aromatic rings. The SMILES string of the molecule is O=C(c1cc(-c2cccc(OC(F)(F)F)c2)n(-c2cccc(Cl)c2)n1)N1CC2CCC(C1)O2. The van der Waals surface area contributed by atoms with E-state index in [2.05, 4.69) is 9.84 Å². The van der Waals surface area contributed by atoms with Crippen LogP contribution < -0.4 is 4.74 Å². The van der Waals surface area contributed by atoms with Crippen molar-refractivity contribution in [1.29, 1.82) is 0 Å². The first-order valence-electron chi connectivity index (χ1n) is 10.4. The molecule has 2 unspecified atom stereocenters. The summed E-state index contributed by atoms with van der Waals surface area (Å²) in [5.74, 6) is -0.614. The van der Waals surface area contributed by atoms with Gasteiger partial charge in [0.25, 0.3) is 5.91 Å². The number of carbonyl (C=O) groups excluding carboxylic acids is 1. The number of carbonyl (C=O) groups is 1. The highest BCUT2D eigenvalue weighted by molar-refractivity contribution is 6.30. The van der Waals surface area contributed by atoms with Gasteiger partial charge in [0.05, 0.1) is 23.6 Å². The van der Waals surface area contributed by atoms with E-state index in [9.17, 15) is 18.0 Å². The Hall–Kier alpha value is -3.04. The maximum atomic E-state index is 13.3. The van der Waals surface area contributed by atoms with Gasteiger partial charge >= 0.3 is 6.36 Å². The number of alkyl halides is 3. The van der Waals surface area contributed by atoms with Gasteiger partial charge in [0.1, 0.15) is 5.75 Å². The van der Waals surface area contributed by atoms with Crippen molar-refractivity contribution in [2.75, 3.05) is 13.1 Å². The number of hydrogen-bond donors (Lipinski definition) is 0. The molecule has 2 aromatic carbocycles. The Balaban J connectivity index is 1.55. The summed E-state index contributed by atoms with van der Waals surface area (Å²) >= 11 is 6.15. The molecule has 1 amide bonds. The highest BCUT2D eigenvalue weighted by Gasteiger charge is 2.37. The van der Waals surface area contributed by atoms with E-state index in [1.165, 1.54) is 22.9 Å². The number of aromatic nitrogens is 2. The van der Waals surface area contributed by atoms with Gasteiger partial charge in [0, 0.05) is 23.7 Å². The molecule has 0 saturated carbocycles. The third-order valence-corrected chi connectivity index (χ3v) is 5.91. The van der Waals surface area contributed by atoms with E-state index in [1.54, 1.807) is 41.3 Å². The maximum absolute atomic E-state index is 13.3. The smallest absolute Gasteiger partial charge is 0.406 e. The van der Waals surface area contributed by atoms with Crippen LogP contribution in [0.1, 0.15) is 23.3 Å². The summed E-state index contributed by atoms with van der Waals surface area (Å²) in [6, 6.07) is 14.0. The molecule has 2 aliphatic heterocycles. The number of halogens is 4.